The Morgan fingerprint density at radius 1 is 1.06 bits per heavy atom. The van der Waals surface area contributed by atoms with Gasteiger partial charge in [0.1, 0.15) is 0 Å². The fraction of sp³-hybridized carbons (Fsp3) is 0.222. The maximum atomic E-state index is 4.18. The molecular formula is C18H20. The lowest BCUT2D eigenvalue weighted by Crippen LogP contribution is -1.92. The third-order valence-corrected chi connectivity index (χ3v) is 3.39. The van der Waals surface area contributed by atoms with Crippen molar-refractivity contribution >= 4 is 22.4 Å². The highest BCUT2D eigenvalue weighted by Crippen LogP contribution is 2.33. The maximum Gasteiger partial charge on any atom is -0.00735 e. The van der Waals surface area contributed by atoms with Gasteiger partial charge in [0.15, 0.2) is 0 Å². The number of rotatable bonds is 0. The summed E-state index contributed by atoms with van der Waals surface area (Å²) in [6, 6.07) is 10.9. The Balaban J connectivity index is 0.000000574. The van der Waals surface area contributed by atoms with Gasteiger partial charge in [-0.2, -0.15) is 0 Å². The van der Waals surface area contributed by atoms with Gasteiger partial charge in [0.25, 0.3) is 0 Å². The van der Waals surface area contributed by atoms with Gasteiger partial charge >= 0.3 is 0 Å². The maximum absolute atomic E-state index is 4.18. The van der Waals surface area contributed by atoms with E-state index in [2.05, 4.69) is 56.0 Å². The second-order valence-corrected chi connectivity index (χ2v) is 4.39. The lowest BCUT2D eigenvalue weighted by atomic mass is 9.89. The van der Waals surface area contributed by atoms with Crippen LogP contribution in [0.2, 0.25) is 0 Å². The molecule has 0 amide bonds. The Morgan fingerprint density at radius 2 is 1.83 bits per heavy atom. The van der Waals surface area contributed by atoms with Gasteiger partial charge in [0.05, 0.1) is 0 Å². The number of aryl methyl sites for hydroxylation is 1. The van der Waals surface area contributed by atoms with E-state index in [1.807, 2.05) is 13.8 Å². The normalized spacial score (nSPS) is 14.7. The molecule has 0 aromatic heterocycles. The van der Waals surface area contributed by atoms with Crippen molar-refractivity contribution in [2.75, 3.05) is 0 Å². The summed E-state index contributed by atoms with van der Waals surface area (Å²) < 4.78 is 0. The van der Waals surface area contributed by atoms with Crippen molar-refractivity contribution in [2.45, 2.75) is 27.2 Å². The zero-order valence-electron chi connectivity index (χ0n) is 11.5. The first-order valence-corrected chi connectivity index (χ1v) is 6.64. The Labute approximate surface area is 110 Å². The van der Waals surface area contributed by atoms with E-state index in [1.165, 1.54) is 33.0 Å². The summed E-state index contributed by atoms with van der Waals surface area (Å²) in [5.74, 6) is 0. The second kappa shape index (κ2) is 5.22. The molecule has 0 unspecified atom stereocenters. The van der Waals surface area contributed by atoms with Gasteiger partial charge in [0.2, 0.25) is 0 Å². The zero-order valence-corrected chi connectivity index (χ0v) is 11.5. The molecule has 0 saturated carbocycles. The summed E-state index contributed by atoms with van der Waals surface area (Å²) in [4.78, 5) is 0. The van der Waals surface area contributed by atoms with E-state index in [0.29, 0.717) is 0 Å². The molecule has 2 aromatic carbocycles. The lowest BCUT2D eigenvalue weighted by molar-refractivity contribution is 1.38. The summed E-state index contributed by atoms with van der Waals surface area (Å²) in [5, 5.41) is 2.68. The number of hydrogen-bond donors (Lipinski definition) is 0. The number of benzene rings is 2. The molecule has 2 aromatic rings. The molecule has 2 bridgehead atoms. The van der Waals surface area contributed by atoms with Crippen LogP contribution in [-0.2, 0) is 0 Å². The Morgan fingerprint density at radius 3 is 2.61 bits per heavy atom. The van der Waals surface area contributed by atoms with Crippen LogP contribution in [-0.4, -0.2) is 0 Å². The summed E-state index contributed by atoms with van der Waals surface area (Å²) in [6.07, 6.45) is 5.35. The minimum atomic E-state index is 0.946. The Bertz CT molecular complexity index is 615. The molecule has 0 atom stereocenters. The van der Waals surface area contributed by atoms with Gasteiger partial charge in [-0.05, 0) is 46.4 Å². The van der Waals surface area contributed by atoms with Crippen molar-refractivity contribution in [3.05, 3.63) is 59.7 Å². The molecule has 0 radical (unpaired) electrons. The van der Waals surface area contributed by atoms with Crippen LogP contribution >= 0.6 is 0 Å². The zero-order chi connectivity index (χ0) is 13.1. The van der Waals surface area contributed by atoms with Crippen molar-refractivity contribution in [3.8, 4) is 0 Å². The summed E-state index contributed by atoms with van der Waals surface area (Å²) in [5.41, 5.74) is 5.21. The van der Waals surface area contributed by atoms with Crippen molar-refractivity contribution in [2.24, 2.45) is 0 Å². The molecule has 0 spiro atoms. The van der Waals surface area contributed by atoms with E-state index < -0.39 is 0 Å². The predicted octanol–water partition coefficient (Wildman–Crippen LogP) is 5.60. The molecule has 18 heavy (non-hydrogen) atoms. The van der Waals surface area contributed by atoms with Gasteiger partial charge in [-0.25, -0.2) is 0 Å². The van der Waals surface area contributed by atoms with E-state index in [-0.39, 0.29) is 0 Å². The molecule has 1 aliphatic rings. The largest absolute Gasteiger partial charge is 0.0949 e. The van der Waals surface area contributed by atoms with Gasteiger partial charge in [-0.15, -0.1) is 0 Å². The molecule has 0 saturated heterocycles. The molecule has 0 fully saturated rings. The standard InChI is InChI=1S/C16H14.C2H6/c1-11-5-3-6-13-9-10-14-7-4-8-15(11)16(14)12(13)2;1-2/h3-4,6-10H,1,5H2,2H3;1-2H3/b6-3-;. The smallest absolute Gasteiger partial charge is 0.00735 e. The first-order chi connectivity index (χ1) is 8.77. The van der Waals surface area contributed by atoms with Crippen LogP contribution in [0.3, 0.4) is 0 Å². The van der Waals surface area contributed by atoms with Gasteiger partial charge in [-0.1, -0.05) is 62.9 Å². The highest BCUT2D eigenvalue weighted by molar-refractivity contribution is 5.98. The quantitative estimate of drug-likeness (QED) is 0.558. The fourth-order valence-electron chi connectivity index (χ4n) is 2.49. The molecule has 0 heteroatoms. The summed E-state index contributed by atoms with van der Waals surface area (Å²) in [7, 11) is 0. The summed E-state index contributed by atoms with van der Waals surface area (Å²) in [6.45, 7) is 10.4. The highest BCUT2D eigenvalue weighted by Gasteiger charge is 2.10. The minimum Gasteiger partial charge on any atom is -0.0949 e. The van der Waals surface area contributed by atoms with Crippen LogP contribution in [0.25, 0.3) is 22.4 Å². The van der Waals surface area contributed by atoms with Crippen molar-refractivity contribution < 1.29 is 0 Å². The SMILES string of the molecule is C=C1C/C=C\c2ccc3cccc1c3c2C.CC. The fourth-order valence-corrected chi connectivity index (χ4v) is 2.49. The van der Waals surface area contributed by atoms with Crippen molar-refractivity contribution in [3.63, 3.8) is 0 Å². The number of hydrogen-bond acceptors (Lipinski definition) is 0. The highest BCUT2D eigenvalue weighted by atomic mass is 14.1. The van der Waals surface area contributed by atoms with Crippen molar-refractivity contribution in [1.29, 1.82) is 0 Å². The van der Waals surface area contributed by atoms with Crippen molar-refractivity contribution in [1.82, 2.24) is 0 Å². The molecule has 0 aliphatic heterocycles. The minimum absolute atomic E-state index is 0.946. The Hall–Kier alpha value is -1.82. The van der Waals surface area contributed by atoms with E-state index in [0.717, 1.165) is 6.42 Å². The van der Waals surface area contributed by atoms with Crippen LogP contribution < -0.4 is 0 Å². The molecule has 92 valence electrons. The van der Waals surface area contributed by atoms with Gasteiger partial charge in [0, 0.05) is 0 Å². The van der Waals surface area contributed by atoms with Crippen LogP contribution in [0.5, 0.6) is 0 Å². The average molecular weight is 236 g/mol. The predicted molar refractivity (Wildman–Crippen MR) is 82.7 cm³/mol. The van der Waals surface area contributed by atoms with E-state index in [1.54, 1.807) is 0 Å². The molecule has 0 heterocycles. The first kappa shape index (κ1) is 12.6. The van der Waals surface area contributed by atoms with Gasteiger partial charge < -0.3 is 0 Å². The molecule has 0 N–H and O–H groups in total. The second-order valence-electron chi connectivity index (χ2n) is 4.39. The topological polar surface area (TPSA) is 0 Å². The third kappa shape index (κ3) is 1.99. The molecule has 3 rings (SSSR count). The average Bonchev–Trinajstić information content (AvgIpc) is 2.42. The molecule has 0 nitrogen and oxygen atoms in total. The van der Waals surface area contributed by atoms with E-state index >= 15 is 0 Å². The molecule has 1 aliphatic carbocycles. The summed E-state index contributed by atoms with van der Waals surface area (Å²) >= 11 is 0. The first-order valence-electron chi connectivity index (χ1n) is 6.64. The van der Waals surface area contributed by atoms with Crippen LogP contribution in [0.1, 0.15) is 37.0 Å². The number of fused-ring (bicyclic) bond motifs is 1. The van der Waals surface area contributed by atoms with Crippen LogP contribution in [0, 0.1) is 6.92 Å². The van der Waals surface area contributed by atoms with Crippen LogP contribution in [0.15, 0.2) is 43.0 Å². The number of allylic oxidation sites excluding steroid dienone is 2. The third-order valence-electron chi connectivity index (χ3n) is 3.39. The molecular weight excluding hydrogens is 216 g/mol. The van der Waals surface area contributed by atoms with E-state index in [9.17, 15) is 0 Å². The Kier molecular flexibility index (Phi) is 3.66. The van der Waals surface area contributed by atoms with Crippen LogP contribution in [0.4, 0.5) is 0 Å². The lowest BCUT2D eigenvalue weighted by Gasteiger charge is -2.15. The monoisotopic (exact) mass is 236 g/mol. The van der Waals surface area contributed by atoms with E-state index in [4.69, 9.17) is 0 Å². The van der Waals surface area contributed by atoms with Gasteiger partial charge in [-0.3, -0.25) is 0 Å².